The highest BCUT2D eigenvalue weighted by molar-refractivity contribution is 4.95. The summed E-state index contributed by atoms with van der Waals surface area (Å²) in [6.45, 7) is 7.27. The Morgan fingerprint density at radius 3 is 2.46 bits per heavy atom. The predicted octanol–water partition coefficient (Wildman–Crippen LogP) is 1.47. The van der Waals surface area contributed by atoms with Crippen molar-refractivity contribution in [2.24, 2.45) is 5.41 Å². The third-order valence-electron chi connectivity index (χ3n) is 3.43. The molecular formula is C11H22N2. The van der Waals surface area contributed by atoms with Gasteiger partial charge in [0.2, 0.25) is 0 Å². The van der Waals surface area contributed by atoms with Gasteiger partial charge in [0.05, 0.1) is 0 Å². The van der Waals surface area contributed by atoms with Crippen LogP contribution in [0.1, 0.15) is 33.1 Å². The maximum absolute atomic E-state index is 3.78. The average molecular weight is 182 g/mol. The molecule has 1 saturated carbocycles. The second-order valence-corrected chi connectivity index (χ2v) is 5.51. The summed E-state index contributed by atoms with van der Waals surface area (Å²) in [4.78, 5) is 2.45. The topological polar surface area (TPSA) is 15.3 Å². The molecule has 1 heterocycles. The van der Waals surface area contributed by atoms with Crippen molar-refractivity contribution in [2.45, 2.75) is 45.2 Å². The second-order valence-electron chi connectivity index (χ2n) is 5.51. The third kappa shape index (κ3) is 2.23. The lowest BCUT2D eigenvalue weighted by Crippen LogP contribution is -2.53. The molecule has 2 fully saturated rings. The molecular weight excluding hydrogens is 160 g/mol. The molecule has 0 aromatic rings. The van der Waals surface area contributed by atoms with E-state index in [2.05, 4.69) is 31.1 Å². The van der Waals surface area contributed by atoms with Gasteiger partial charge in [-0.2, -0.15) is 0 Å². The largest absolute Gasteiger partial charge is 0.311 e. The zero-order valence-electron chi connectivity index (χ0n) is 9.14. The SMILES string of the molecule is CN1CCC(NC2CC2)C(C)(C)C1. The van der Waals surface area contributed by atoms with Crippen LogP contribution in [-0.4, -0.2) is 37.1 Å². The third-order valence-corrected chi connectivity index (χ3v) is 3.43. The van der Waals surface area contributed by atoms with E-state index < -0.39 is 0 Å². The van der Waals surface area contributed by atoms with Gasteiger partial charge in [-0.1, -0.05) is 13.8 Å². The van der Waals surface area contributed by atoms with Gasteiger partial charge in [0, 0.05) is 18.6 Å². The monoisotopic (exact) mass is 182 g/mol. The number of nitrogens with zero attached hydrogens (tertiary/aromatic N) is 1. The molecule has 1 N–H and O–H groups in total. The van der Waals surface area contributed by atoms with Crippen LogP contribution in [0.4, 0.5) is 0 Å². The Morgan fingerprint density at radius 1 is 1.23 bits per heavy atom. The van der Waals surface area contributed by atoms with Crippen LogP contribution in [0.5, 0.6) is 0 Å². The summed E-state index contributed by atoms with van der Waals surface area (Å²) >= 11 is 0. The lowest BCUT2D eigenvalue weighted by Gasteiger charge is -2.43. The number of rotatable bonds is 2. The standard InChI is InChI=1S/C11H22N2/c1-11(2)8-13(3)7-6-10(11)12-9-4-5-9/h9-10,12H,4-8H2,1-3H3. The van der Waals surface area contributed by atoms with E-state index in [9.17, 15) is 0 Å². The Labute approximate surface area is 81.7 Å². The Morgan fingerprint density at radius 2 is 1.92 bits per heavy atom. The van der Waals surface area contributed by atoms with Crippen LogP contribution in [0.25, 0.3) is 0 Å². The minimum atomic E-state index is 0.454. The lowest BCUT2D eigenvalue weighted by molar-refractivity contribution is 0.0955. The van der Waals surface area contributed by atoms with Gasteiger partial charge in [-0.25, -0.2) is 0 Å². The quantitative estimate of drug-likeness (QED) is 0.695. The summed E-state index contributed by atoms with van der Waals surface area (Å²) in [6, 6.07) is 1.60. The molecule has 0 bridgehead atoms. The van der Waals surface area contributed by atoms with Gasteiger partial charge >= 0.3 is 0 Å². The van der Waals surface area contributed by atoms with Crippen LogP contribution >= 0.6 is 0 Å². The van der Waals surface area contributed by atoms with Crippen molar-refractivity contribution in [3.8, 4) is 0 Å². The molecule has 2 rings (SSSR count). The van der Waals surface area contributed by atoms with E-state index in [1.165, 1.54) is 32.4 Å². The normalized spacial score (nSPS) is 34.8. The smallest absolute Gasteiger partial charge is 0.0145 e. The van der Waals surface area contributed by atoms with E-state index in [0.29, 0.717) is 5.41 Å². The van der Waals surface area contributed by atoms with Crippen LogP contribution in [0.15, 0.2) is 0 Å². The van der Waals surface area contributed by atoms with E-state index in [0.717, 1.165) is 12.1 Å². The van der Waals surface area contributed by atoms with Crippen LogP contribution in [0, 0.1) is 5.41 Å². The lowest BCUT2D eigenvalue weighted by atomic mass is 9.79. The molecule has 0 amide bonds. The first-order valence-electron chi connectivity index (χ1n) is 5.52. The second kappa shape index (κ2) is 3.25. The number of hydrogen-bond donors (Lipinski definition) is 1. The average Bonchev–Trinajstić information content (AvgIpc) is 2.77. The Bertz CT molecular complexity index is 185. The minimum Gasteiger partial charge on any atom is -0.311 e. The number of nitrogens with one attached hydrogen (secondary N) is 1. The Kier molecular flexibility index (Phi) is 2.37. The molecule has 1 saturated heterocycles. The molecule has 0 spiro atoms. The van der Waals surface area contributed by atoms with Gasteiger partial charge in [-0.3, -0.25) is 0 Å². The molecule has 76 valence electrons. The molecule has 2 heteroatoms. The van der Waals surface area contributed by atoms with Gasteiger partial charge in [0.25, 0.3) is 0 Å². The Balaban J connectivity index is 1.92. The molecule has 1 aliphatic heterocycles. The maximum Gasteiger partial charge on any atom is 0.0145 e. The summed E-state index contributed by atoms with van der Waals surface area (Å²) in [5.74, 6) is 0. The maximum atomic E-state index is 3.78. The van der Waals surface area contributed by atoms with Gasteiger partial charge in [-0.15, -0.1) is 0 Å². The van der Waals surface area contributed by atoms with E-state index in [-0.39, 0.29) is 0 Å². The van der Waals surface area contributed by atoms with Crippen molar-refractivity contribution >= 4 is 0 Å². The zero-order valence-corrected chi connectivity index (χ0v) is 9.14. The molecule has 0 aromatic carbocycles. The highest BCUT2D eigenvalue weighted by Gasteiger charge is 2.37. The summed E-state index contributed by atoms with van der Waals surface area (Å²) in [7, 11) is 2.23. The molecule has 0 radical (unpaired) electrons. The van der Waals surface area contributed by atoms with E-state index in [1.807, 2.05) is 0 Å². The minimum absolute atomic E-state index is 0.454. The summed E-state index contributed by atoms with van der Waals surface area (Å²) < 4.78 is 0. The predicted molar refractivity (Wildman–Crippen MR) is 55.8 cm³/mol. The molecule has 2 aliphatic rings. The Hall–Kier alpha value is -0.0800. The van der Waals surface area contributed by atoms with Crippen molar-refractivity contribution in [1.29, 1.82) is 0 Å². The van der Waals surface area contributed by atoms with Crippen LogP contribution in [-0.2, 0) is 0 Å². The van der Waals surface area contributed by atoms with Crippen LogP contribution in [0.2, 0.25) is 0 Å². The molecule has 1 aliphatic carbocycles. The van der Waals surface area contributed by atoms with E-state index in [1.54, 1.807) is 0 Å². The van der Waals surface area contributed by atoms with Gasteiger partial charge in [0.15, 0.2) is 0 Å². The van der Waals surface area contributed by atoms with Crippen LogP contribution < -0.4 is 5.32 Å². The highest BCUT2D eigenvalue weighted by atomic mass is 15.1. The number of likely N-dealkylation sites (tertiary alicyclic amines) is 1. The van der Waals surface area contributed by atoms with Gasteiger partial charge < -0.3 is 10.2 Å². The summed E-state index contributed by atoms with van der Waals surface area (Å²) in [6.07, 6.45) is 4.13. The van der Waals surface area contributed by atoms with Crippen LogP contribution in [0.3, 0.4) is 0 Å². The molecule has 2 nitrogen and oxygen atoms in total. The summed E-state index contributed by atoms with van der Waals surface area (Å²) in [5, 5.41) is 3.78. The van der Waals surface area contributed by atoms with E-state index in [4.69, 9.17) is 0 Å². The van der Waals surface area contributed by atoms with Crippen molar-refractivity contribution in [1.82, 2.24) is 10.2 Å². The molecule has 13 heavy (non-hydrogen) atoms. The van der Waals surface area contributed by atoms with E-state index >= 15 is 0 Å². The fourth-order valence-corrected chi connectivity index (χ4v) is 2.47. The van der Waals surface area contributed by atoms with Crippen molar-refractivity contribution in [2.75, 3.05) is 20.1 Å². The van der Waals surface area contributed by atoms with Crippen molar-refractivity contribution in [3.63, 3.8) is 0 Å². The fraction of sp³-hybridized carbons (Fsp3) is 1.00. The molecule has 1 atom stereocenters. The molecule has 1 unspecified atom stereocenters. The number of hydrogen-bond acceptors (Lipinski definition) is 2. The van der Waals surface area contributed by atoms with Crippen molar-refractivity contribution in [3.05, 3.63) is 0 Å². The number of piperidine rings is 1. The zero-order chi connectivity index (χ0) is 9.47. The van der Waals surface area contributed by atoms with Gasteiger partial charge in [0.1, 0.15) is 0 Å². The van der Waals surface area contributed by atoms with Crippen molar-refractivity contribution < 1.29 is 0 Å². The van der Waals surface area contributed by atoms with Gasteiger partial charge in [-0.05, 0) is 38.3 Å². The molecule has 0 aromatic heterocycles. The highest BCUT2D eigenvalue weighted by Crippen LogP contribution is 2.31. The first-order valence-corrected chi connectivity index (χ1v) is 5.52. The fourth-order valence-electron chi connectivity index (χ4n) is 2.47. The summed E-state index contributed by atoms with van der Waals surface area (Å²) in [5.41, 5.74) is 0.454. The first kappa shape index (κ1) is 9.47. The first-order chi connectivity index (χ1) is 6.08.